The van der Waals surface area contributed by atoms with Gasteiger partial charge >= 0.3 is 0 Å². The van der Waals surface area contributed by atoms with Crippen molar-refractivity contribution in [3.8, 4) is 0 Å². The summed E-state index contributed by atoms with van der Waals surface area (Å²) in [4.78, 5) is 2.43. The van der Waals surface area contributed by atoms with Gasteiger partial charge in [-0.25, -0.2) is 0 Å². The summed E-state index contributed by atoms with van der Waals surface area (Å²) in [5, 5.41) is 3.25. The number of nitrogens with zero attached hydrogens (tertiary/aromatic N) is 1. The predicted octanol–water partition coefficient (Wildman–Crippen LogP) is 1.96. The van der Waals surface area contributed by atoms with Crippen molar-refractivity contribution < 1.29 is 0 Å². The first-order valence-corrected chi connectivity index (χ1v) is 5.27. The molecule has 1 atom stereocenters. The van der Waals surface area contributed by atoms with E-state index in [0.29, 0.717) is 5.54 Å². The lowest BCUT2D eigenvalue weighted by Gasteiger charge is -2.34. The second-order valence-electron chi connectivity index (χ2n) is 4.88. The van der Waals surface area contributed by atoms with Crippen LogP contribution in [-0.2, 0) is 0 Å². The fourth-order valence-electron chi connectivity index (χ4n) is 1.29. The first kappa shape index (κ1) is 12.9. The summed E-state index contributed by atoms with van der Waals surface area (Å²) in [5.74, 6) is 0.772. The molecule has 0 aromatic rings. The molecule has 80 valence electrons. The van der Waals surface area contributed by atoms with Gasteiger partial charge in [0.15, 0.2) is 0 Å². The highest BCUT2D eigenvalue weighted by Gasteiger charge is 2.19. The van der Waals surface area contributed by atoms with Crippen LogP contribution < -0.4 is 5.32 Å². The fraction of sp³-hybridized carbons (Fsp3) is 1.00. The largest absolute Gasteiger partial charge is 0.319 e. The fourth-order valence-corrected chi connectivity index (χ4v) is 1.29. The minimum Gasteiger partial charge on any atom is -0.319 e. The molecule has 0 saturated carbocycles. The van der Waals surface area contributed by atoms with E-state index in [-0.39, 0.29) is 0 Å². The van der Waals surface area contributed by atoms with E-state index in [1.807, 2.05) is 7.05 Å². The Bertz CT molecular complexity index is 127. The lowest BCUT2D eigenvalue weighted by Crippen LogP contribution is -2.42. The van der Waals surface area contributed by atoms with Crippen LogP contribution in [0.4, 0.5) is 0 Å². The second kappa shape index (κ2) is 5.61. The normalized spacial score (nSPS) is 15.0. The van der Waals surface area contributed by atoms with Gasteiger partial charge in [-0.1, -0.05) is 13.3 Å². The van der Waals surface area contributed by atoms with E-state index >= 15 is 0 Å². The Labute approximate surface area is 83.7 Å². The molecule has 0 aromatic heterocycles. The van der Waals surface area contributed by atoms with Crippen LogP contribution in [0, 0.1) is 5.92 Å². The molecule has 0 spiro atoms. The van der Waals surface area contributed by atoms with Crippen LogP contribution in [0.1, 0.15) is 34.1 Å². The molecular formula is C11H26N2. The Morgan fingerprint density at radius 2 is 1.85 bits per heavy atom. The van der Waals surface area contributed by atoms with Crippen LogP contribution >= 0.6 is 0 Å². The summed E-state index contributed by atoms with van der Waals surface area (Å²) >= 11 is 0. The third-order valence-corrected chi connectivity index (χ3v) is 2.75. The van der Waals surface area contributed by atoms with Crippen LogP contribution in [0.25, 0.3) is 0 Å². The van der Waals surface area contributed by atoms with Gasteiger partial charge in [0.05, 0.1) is 0 Å². The molecule has 13 heavy (non-hydrogen) atoms. The van der Waals surface area contributed by atoms with Crippen LogP contribution in [0.3, 0.4) is 0 Å². The number of rotatable bonds is 5. The molecular weight excluding hydrogens is 160 g/mol. The van der Waals surface area contributed by atoms with Crippen LogP contribution in [-0.4, -0.2) is 37.6 Å². The Balaban J connectivity index is 3.93. The smallest absolute Gasteiger partial charge is 0.0122 e. The van der Waals surface area contributed by atoms with E-state index in [9.17, 15) is 0 Å². The third-order valence-electron chi connectivity index (χ3n) is 2.75. The molecule has 0 aliphatic carbocycles. The van der Waals surface area contributed by atoms with Gasteiger partial charge in [0.2, 0.25) is 0 Å². The number of hydrogen-bond donors (Lipinski definition) is 1. The summed E-state index contributed by atoms with van der Waals surface area (Å²) in [6.07, 6.45) is 1.25. The average Bonchev–Trinajstić information content (AvgIpc) is 2.01. The minimum absolute atomic E-state index is 0.293. The summed E-state index contributed by atoms with van der Waals surface area (Å²) < 4.78 is 0. The quantitative estimate of drug-likeness (QED) is 0.706. The van der Waals surface area contributed by atoms with Crippen LogP contribution in [0.15, 0.2) is 0 Å². The molecule has 0 heterocycles. The van der Waals surface area contributed by atoms with Crippen molar-refractivity contribution in [3.05, 3.63) is 0 Å². The maximum absolute atomic E-state index is 3.25. The van der Waals surface area contributed by atoms with E-state index in [2.05, 4.69) is 45.0 Å². The van der Waals surface area contributed by atoms with Gasteiger partial charge in [0, 0.05) is 12.1 Å². The van der Waals surface area contributed by atoms with Crippen molar-refractivity contribution in [2.75, 3.05) is 27.2 Å². The van der Waals surface area contributed by atoms with Gasteiger partial charge in [-0.05, 0) is 47.3 Å². The molecule has 0 aromatic carbocycles. The minimum atomic E-state index is 0.293. The molecule has 0 bridgehead atoms. The lowest BCUT2D eigenvalue weighted by atomic mass is 10.0. The number of nitrogens with one attached hydrogen (secondary N) is 1. The van der Waals surface area contributed by atoms with Crippen molar-refractivity contribution in [1.82, 2.24) is 10.2 Å². The summed E-state index contributed by atoms with van der Waals surface area (Å²) in [6.45, 7) is 11.4. The molecule has 0 aliphatic heterocycles. The molecule has 2 nitrogen and oxygen atoms in total. The maximum Gasteiger partial charge on any atom is 0.0122 e. The lowest BCUT2D eigenvalue weighted by molar-refractivity contribution is 0.146. The zero-order chi connectivity index (χ0) is 10.5. The first-order valence-electron chi connectivity index (χ1n) is 5.27. The molecule has 1 unspecified atom stereocenters. The van der Waals surface area contributed by atoms with Gasteiger partial charge in [-0.15, -0.1) is 0 Å². The van der Waals surface area contributed by atoms with E-state index < -0.39 is 0 Å². The van der Waals surface area contributed by atoms with Gasteiger partial charge < -0.3 is 10.2 Å². The predicted molar refractivity (Wildman–Crippen MR) is 60.1 cm³/mol. The standard InChI is InChI=1S/C11H26N2/c1-7-10(8-12-5)9-13(6)11(2,3)4/h10,12H,7-9H2,1-6H3. The molecule has 0 saturated heterocycles. The highest BCUT2D eigenvalue weighted by molar-refractivity contribution is 4.75. The van der Waals surface area contributed by atoms with Crippen LogP contribution in [0.5, 0.6) is 0 Å². The third kappa shape index (κ3) is 5.27. The van der Waals surface area contributed by atoms with Crippen molar-refractivity contribution in [1.29, 1.82) is 0 Å². The summed E-state index contributed by atoms with van der Waals surface area (Å²) in [6, 6.07) is 0. The summed E-state index contributed by atoms with van der Waals surface area (Å²) in [5.41, 5.74) is 0.293. The van der Waals surface area contributed by atoms with Gasteiger partial charge in [-0.3, -0.25) is 0 Å². The van der Waals surface area contributed by atoms with E-state index in [1.165, 1.54) is 13.0 Å². The molecule has 0 rings (SSSR count). The van der Waals surface area contributed by atoms with E-state index in [4.69, 9.17) is 0 Å². The Kier molecular flexibility index (Phi) is 5.57. The highest BCUT2D eigenvalue weighted by atomic mass is 15.2. The second-order valence-corrected chi connectivity index (χ2v) is 4.88. The Morgan fingerprint density at radius 1 is 1.31 bits per heavy atom. The van der Waals surface area contributed by atoms with Crippen molar-refractivity contribution in [2.24, 2.45) is 5.92 Å². The number of hydrogen-bond acceptors (Lipinski definition) is 2. The zero-order valence-electron chi connectivity index (χ0n) is 10.1. The molecule has 0 radical (unpaired) electrons. The van der Waals surface area contributed by atoms with E-state index in [1.54, 1.807) is 0 Å². The monoisotopic (exact) mass is 186 g/mol. The SMILES string of the molecule is CCC(CNC)CN(C)C(C)(C)C. The van der Waals surface area contributed by atoms with Crippen molar-refractivity contribution in [2.45, 2.75) is 39.7 Å². The van der Waals surface area contributed by atoms with Crippen molar-refractivity contribution >= 4 is 0 Å². The highest BCUT2D eigenvalue weighted by Crippen LogP contribution is 2.13. The van der Waals surface area contributed by atoms with Gasteiger partial charge in [-0.2, -0.15) is 0 Å². The summed E-state index contributed by atoms with van der Waals surface area (Å²) in [7, 11) is 4.23. The molecule has 2 heteroatoms. The molecule has 0 fully saturated rings. The first-order chi connectivity index (χ1) is 5.91. The maximum atomic E-state index is 3.25. The zero-order valence-corrected chi connectivity index (χ0v) is 10.1. The van der Waals surface area contributed by atoms with Gasteiger partial charge in [0.1, 0.15) is 0 Å². The van der Waals surface area contributed by atoms with Crippen molar-refractivity contribution in [3.63, 3.8) is 0 Å². The Hall–Kier alpha value is -0.0800. The molecule has 0 aliphatic rings. The van der Waals surface area contributed by atoms with Crippen LogP contribution in [0.2, 0.25) is 0 Å². The topological polar surface area (TPSA) is 15.3 Å². The molecule has 0 amide bonds. The van der Waals surface area contributed by atoms with Gasteiger partial charge in [0.25, 0.3) is 0 Å². The molecule has 1 N–H and O–H groups in total. The Morgan fingerprint density at radius 3 is 2.15 bits per heavy atom. The average molecular weight is 186 g/mol. The van der Waals surface area contributed by atoms with E-state index in [0.717, 1.165) is 12.5 Å².